The van der Waals surface area contributed by atoms with Gasteiger partial charge in [-0.1, -0.05) is 86.6 Å². The summed E-state index contributed by atoms with van der Waals surface area (Å²) >= 11 is 0. The molecule has 5 rings (SSSR count). The van der Waals surface area contributed by atoms with Crippen LogP contribution in [0.2, 0.25) is 0 Å². The first-order valence-electron chi connectivity index (χ1n) is 13.5. The molecular formula is C32H30N4O6. The highest BCUT2D eigenvalue weighted by molar-refractivity contribution is 6.21. The summed E-state index contributed by atoms with van der Waals surface area (Å²) in [6, 6.07) is 24.3. The van der Waals surface area contributed by atoms with Gasteiger partial charge in [0.25, 0.3) is 11.8 Å². The average Bonchev–Trinajstić information content (AvgIpc) is 3.53. The summed E-state index contributed by atoms with van der Waals surface area (Å²) in [5.74, 6) is -1.58. The lowest BCUT2D eigenvalue weighted by Crippen LogP contribution is -2.33. The summed E-state index contributed by atoms with van der Waals surface area (Å²) in [5.41, 5.74) is 2.33. The number of hydrogen-bond acceptors (Lipinski definition) is 7. The monoisotopic (exact) mass is 566 g/mol. The second-order valence-corrected chi connectivity index (χ2v) is 10.2. The van der Waals surface area contributed by atoms with Crippen LogP contribution in [-0.2, 0) is 29.2 Å². The molecule has 0 saturated heterocycles. The first-order chi connectivity index (χ1) is 20.3. The topological polar surface area (TPSA) is 131 Å². The molecule has 0 saturated carbocycles. The zero-order valence-electron chi connectivity index (χ0n) is 23.2. The van der Waals surface area contributed by atoms with E-state index in [-0.39, 0.29) is 42.9 Å². The zero-order chi connectivity index (χ0) is 29.6. The summed E-state index contributed by atoms with van der Waals surface area (Å²) in [7, 11) is 0. The van der Waals surface area contributed by atoms with Gasteiger partial charge in [0.05, 0.1) is 29.4 Å². The van der Waals surface area contributed by atoms with E-state index in [1.807, 2.05) is 74.5 Å². The molecule has 0 spiro atoms. The van der Waals surface area contributed by atoms with Gasteiger partial charge in [-0.05, 0) is 29.2 Å². The second kappa shape index (κ2) is 12.5. The molecule has 3 amide bonds. The smallest absolute Gasteiger partial charge is 0.408 e. The summed E-state index contributed by atoms with van der Waals surface area (Å²) < 4.78 is 10.9. The van der Waals surface area contributed by atoms with E-state index in [1.54, 1.807) is 24.3 Å². The Labute approximate surface area is 242 Å². The van der Waals surface area contributed by atoms with Crippen LogP contribution in [0.5, 0.6) is 0 Å². The number of rotatable bonds is 10. The highest BCUT2D eigenvalue weighted by Crippen LogP contribution is 2.27. The van der Waals surface area contributed by atoms with Gasteiger partial charge < -0.3 is 19.8 Å². The van der Waals surface area contributed by atoms with Gasteiger partial charge >= 0.3 is 12.1 Å². The number of fused-ring (bicyclic) bond motifs is 1. The average molecular weight is 567 g/mol. The third-order valence-corrected chi connectivity index (χ3v) is 6.84. The van der Waals surface area contributed by atoms with E-state index >= 15 is 0 Å². The highest BCUT2D eigenvalue weighted by Gasteiger charge is 2.37. The Kier molecular flexibility index (Phi) is 8.42. The third kappa shape index (κ3) is 6.22. The zero-order valence-corrected chi connectivity index (χ0v) is 23.2. The molecule has 0 fully saturated rings. The van der Waals surface area contributed by atoms with Crippen LogP contribution in [0.3, 0.4) is 0 Å². The molecule has 2 heterocycles. The largest absolute Gasteiger partial charge is 0.456 e. The van der Waals surface area contributed by atoms with Gasteiger partial charge in [-0.3, -0.25) is 14.5 Å². The number of imide groups is 1. The molecule has 10 heteroatoms. The Morgan fingerprint density at radius 3 is 1.88 bits per heavy atom. The number of carbonyl (C=O) groups excluding carboxylic acids is 4. The summed E-state index contributed by atoms with van der Waals surface area (Å²) in [6.07, 6.45) is -0.663. The predicted octanol–water partition coefficient (Wildman–Crippen LogP) is 5.19. The molecule has 0 radical (unpaired) electrons. The maximum atomic E-state index is 13.3. The number of benzene rings is 3. The van der Waals surface area contributed by atoms with E-state index in [0.29, 0.717) is 11.1 Å². The number of hydrogen-bond donors (Lipinski definition) is 2. The number of aromatic nitrogens is 2. The number of ether oxygens (including phenoxy) is 2. The van der Waals surface area contributed by atoms with Crippen molar-refractivity contribution < 1.29 is 28.7 Å². The first-order valence-corrected chi connectivity index (χ1v) is 13.5. The third-order valence-electron chi connectivity index (χ3n) is 6.84. The SMILES string of the molecule is CC(C)[C@H](NC(=O)OCc1ccccc1)c1nc(C(=O)OCc2ccccc2)c(CN2C(=O)c3ccccc3C2=O)[nH]1. The number of alkyl carbamates (subject to hydrolysis) is 1. The predicted molar refractivity (Wildman–Crippen MR) is 152 cm³/mol. The van der Waals surface area contributed by atoms with Gasteiger partial charge in [0.1, 0.15) is 19.0 Å². The van der Waals surface area contributed by atoms with Crippen molar-refractivity contribution in [3.05, 3.63) is 124 Å². The molecule has 10 nitrogen and oxygen atoms in total. The number of nitrogens with zero attached hydrogens (tertiary/aromatic N) is 2. The van der Waals surface area contributed by atoms with Gasteiger partial charge in [-0.2, -0.15) is 0 Å². The van der Waals surface area contributed by atoms with Gasteiger partial charge in [0.15, 0.2) is 5.69 Å². The van der Waals surface area contributed by atoms with Crippen LogP contribution < -0.4 is 5.32 Å². The Morgan fingerprint density at radius 1 is 0.810 bits per heavy atom. The quantitative estimate of drug-likeness (QED) is 0.200. The number of imidazole rings is 1. The summed E-state index contributed by atoms with van der Waals surface area (Å²) in [5, 5.41) is 2.81. The van der Waals surface area contributed by atoms with Crippen LogP contribution in [-0.4, -0.2) is 38.7 Å². The minimum absolute atomic E-state index is 0.00595. The Balaban J connectivity index is 1.39. The van der Waals surface area contributed by atoms with Gasteiger partial charge in [0, 0.05) is 0 Å². The van der Waals surface area contributed by atoms with Gasteiger partial charge in [-0.15, -0.1) is 0 Å². The number of H-pyrrole nitrogens is 1. The molecule has 214 valence electrons. The second-order valence-electron chi connectivity index (χ2n) is 10.2. The lowest BCUT2D eigenvalue weighted by atomic mass is 10.0. The van der Waals surface area contributed by atoms with Crippen LogP contribution in [0.4, 0.5) is 4.79 Å². The molecule has 4 aromatic rings. The molecule has 42 heavy (non-hydrogen) atoms. The number of esters is 1. The van der Waals surface area contributed by atoms with Crippen molar-refractivity contribution in [1.82, 2.24) is 20.2 Å². The van der Waals surface area contributed by atoms with E-state index < -0.39 is 29.9 Å². The first kappa shape index (κ1) is 28.3. The Hall–Kier alpha value is -5.25. The van der Waals surface area contributed by atoms with Crippen LogP contribution in [0.1, 0.15) is 73.7 Å². The standard InChI is InChI=1S/C32H30N4O6/c1-20(2)26(35-32(40)42-19-22-13-7-4-8-14-22)28-33-25(17-36-29(37)23-15-9-10-16-24(23)30(36)38)27(34-28)31(39)41-18-21-11-5-3-6-12-21/h3-16,20,26H,17-19H2,1-2H3,(H,33,34)(H,35,40)/t26-/m0/s1. The van der Waals surface area contributed by atoms with Crippen molar-refractivity contribution in [2.75, 3.05) is 0 Å². The number of nitrogens with one attached hydrogen (secondary N) is 2. The molecule has 1 aliphatic heterocycles. The number of carbonyl (C=O) groups is 4. The molecule has 2 N–H and O–H groups in total. The summed E-state index contributed by atoms with van der Waals surface area (Å²) in [4.78, 5) is 60.8. The minimum atomic E-state index is -0.734. The van der Waals surface area contributed by atoms with Crippen LogP contribution in [0.25, 0.3) is 0 Å². The molecule has 1 aliphatic rings. The fourth-order valence-corrected chi connectivity index (χ4v) is 4.64. The van der Waals surface area contributed by atoms with Crippen molar-refractivity contribution >= 4 is 23.9 Å². The van der Waals surface area contributed by atoms with Crippen LogP contribution in [0, 0.1) is 5.92 Å². The lowest BCUT2D eigenvalue weighted by molar-refractivity contribution is 0.0459. The highest BCUT2D eigenvalue weighted by atomic mass is 16.5. The normalized spacial score (nSPS) is 13.2. The Bertz CT molecular complexity index is 1560. The summed E-state index contributed by atoms with van der Waals surface area (Å²) in [6.45, 7) is 3.60. The Morgan fingerprint density at radius 2 is 1.33 bits per heavy atom. The van der Waals surface area contributed by atoms with E-state index in [9.17, 15) is 19.2 Å². The molecule has 1 aromatic heterocycles. The molecule has 3 aromatic carbocycles. The van der Waals surface area contributed by atoms with Crippen molar-refractivity contribution in [1.29, 1.82) is 0 Å². The molecule has 1 atom stereocenters. The fraction of sp³-hybridized carbons (Fsp3) is 0.219. The van der Waals surface area contributed by atoms with Crippen molar-refractivity contribution in [2.45, 2.75) is 39.6 Å². The van der Waals surface area contributed by atoms with Crippen molar-refractivity contribution in [2.24, 2.45) is 5.92 Å². The number of amides is 3. The maximum absolute atomic E-state index is 13.3. The lowest BCUT2D eigenvalue weighted by Gasteiger charge is -2.20. The fourth-order valence-electron chi connectivity index (χ4n) is 4.64. The van der Waals surface area contributed by atoms with E-state index in [4.69, 9.17) is 9.47 Å². The van der Waals surface area contributed by atoms with Crippen LogP contribution >= 0.6 is 0 Å². The maximum Gasteiger partial charge on any atom is 0.408 e. The van der Waals surface area contributed by atoms with E-state index in [1.165, 1.54) is 0 Å². The van der Waals surface area contributed by atoms with Crippen molar-refractivity contribution in [3.8, 4) is 0 Å². The molecule has 0 bridgehead atoms. The molecule has 0 aliphatic carbocycles. The van der Waals surface area contributed by atoms with Crippen molar-refractivity contribution in [3.63, 3.8) is 0 Å². The molecule has 0 unspecified atom stereocenters. The van der Waals surface area contributed by atoms with E-state index in [2.05, 4.69) is 15.3 Å². The van der Waals surface area contributed by atoms with Gasteiger partial charge in [-0.25, -0.2) is 14.6 Å². The van der Waals surface area contributed by atoms with Crippen LogP contribution in [0.15, 0.2) is 84.9 Å². The van der Waals surface area contributed by atoms with Gasteiger partial charge in [0.2, 0.25) is 0 Å². The minimum Gasteiger partial charge on any atom is -0.456 e. The number of aromatic amines is 1. The molecular weight excluding hydrogens is 536 g/mol. The van der Waals surface area contributed by atoms with E-state index in [0.717, 1.165) is 16.0 Å².